The van der Waals surface area contributed by atoms with Gasteiger partial charge in [-0.25, -0.2) is 4.98 Å². The quantitative estimate of drug-likeness (QED) is 0.730. The van der Waals surface area contributed by atoms with Crippen molar-refractivity contribution in [3.8, 4) is 0 Å². The minimum absolute atomic E-state index is 0.730. The van der Waals surface area contributed by atoms with Crippen LogP contribution in [0.4, 0.5) is 5.95 Å². The smallest absolute Gasteiger partial charge is 0.201 e. The molecular weight excluding hydrogens is 200 g/mol. The summed E-state index contributed by atoms with van der Waals surface area (Å²) in [5.74, 6) is 1.61. The number of nitrogens with one attached hydrogen (secondary N) is 3. The largest absolute Gasteiger partial charge is 0.355 e. The summed E-state index contributed by atoms with van der Waals surface area (Å²) in [6, 6.07) is 8.10. The average molecular weight is 216 g/mol. The number of aromatic nitrogens is 2. The van der Waals surface area contributed by atoms with Crippen molar-refractivity contribution in [3.63, 3.8) is 0 Å². The Labute approximate surface area is 94.5 Å². The van der Waals surface area contributed by atoms with E-state index in [1.807, 2.05) is 24.3 Å². The third-order valence-electron chi connectivity index (χ3n) is 3.11. The van der Waals surface area contributed by atoms with Gasteiger partial charge in [-0.3, -0.25) is 0 Å². The summed E-state index contributed by atoms with van der Waals surface area (Å²) in [6.45, 7) is 3.26. The van der Waals surface area contributed by atoms with E-state index in [0.717, 1.165) is 42.5 Å². The molecule has 1 aromatic heterocycles. The van der Waals surface area contributed by atoms with Crippen LogP contribution in [0.3, 0.4) is 0 Å². The van der Waals surface area contributed by atoms with E-state index in [9.17, 15) is 0 Å². The van der Waals surface area contributed by atoms with Gasteiger partial charge < -0.3 is 15.6 Å². The molecule has 0 bridgehead atoms. The Morgan fingerprint density at radius 1 is 1.38 bits per heavy atom. The van der Waals surface area contributed by atoms with E-state index in [4.69, 9.17) is 0 Å². The summed E-state index contributed by atoms with van der Waals surface area (Å²) in [6.07, 6.45) is 1.26. The van der Waals surface area contributed by atoms with E-state index in [1.54, 1.807) is 0 Å². The van der Waals surface area contributed by atoms with Crippen molar-refractivity contribution in [2.24, 2.45) is 5.92 Å². The summed E-state index contributed by atoms with van der Waals surface area (Å²) < 4.78 is 0. The van der Waals surface area contributed by atoms with Crippen LogP contribution in [0.25, 0.3) is 11.0 Å². The van der Waals surface area contributed by atoms with Gasteiger partial charge >= 0.3 is 0 Å². The van der Waals surface area contributed by atoms with E-state index in [2.05, 4.69) is 20.6 Å². The number of para-hydroxylation sites is 2. The number of H-pyrrole nitrogens is 1. The molecule has 0 amide bonds. The van der Waals surface area contributed by atoms with Gasteiger partial charge in [0.1, 0.15) is 0 Å². The second-order valence-electron chi connectivity index (χ2n) is 4.34. The molecular formula is C12H16N4. The maximum Gasteiger partial charge on any atom is 0.201 e. The first-order chi connectivity index (χ1) is 7.92. The Bertz CT molecular complexity index is 438. The average Bonchev–Trinajstić information content (AvgIpc) is 2.95. The first kappa shape index (κ1) is 9.66. The lowest BCUT2D eigenvalue weighted by Crippen LogP contribution is -2.17. The second kappa shape index (κ2) is 4.14. The van der Waals surface area contributed by atoms with Gasteiger partial charge in [-0.15, -0.1) is 0 Å². The number of rotatable bonds is 3. The van der Waals surface area contributed by atoms with Crippen molar-refractivity contribution in [2.45, 2.75) is 6.42 Å². The molecule has 1 aliphatic heterocycles. The molecule has 3 N–H and O–H groups in total. The molecule has 0 radical (unpaired) electrons. The molecule has 1 aliphatic rings. The Morgan fingerprint density at radius 2 is 2.31 bits per heavy atom. The summed E-state index contributed by atoms with van der Waals surface area (Å²) >= 11 is 0. The summed E-state index contributed by atoms with van der Waals surface area (Å²) in [4.78, 5) is 7.76. The zero-order valence-corrected chi connectivity index (χ0v) is 9.16. The highest BCUT2D eigenvalue weighted by Gasteiger charge is 2.14. The van der Waals surface area contributed by atoms with Crippen molar-refractivity contribution in [1.29, 1.82) is 0 Å². The molecule has 16 heavy (non-hydrogen) atoms. The molecule has 4 heteroatoms. The van der Waals surface area contributed by atoms with Crippen LogP contribution < -0.4 is 10.6 Å². The van der Waals surface area contributed by atoms with Gasteiger partial charge in [0.25, 0.3) is 0 Å². The number of anilines is 1. The number of aromatic amines is 1. The fraction of sp³-hybridized carbons (Fsp3) is 0.417. The highest BCUT2D eigenvalue weighted by atomic mass is 15.1. The van der Waals surface area contributed by atoms with Gasteiger partial charge in [0.2, 0.25) is 5.95 Å². The van der Waals surface area contributed by atoms with Gasteiger partial charge in [-0.2, -0.15) is 0 Å². The number of hydrogen-bond acceptors (Lipinski definition) is 3. The Hall–Kier alpha value is -1.55. The molecule has 1 saturated heterocycles. The van der Waals surface area contributed by atoms with Gasteiger partial charge in [-0.1, -0.05) is 12.1 Å². The van der Waals surface area contributed by atoms with Crippen LogP contribution in [-0.4, -0.2) is 29.6 Å². The summed E-state index contributed by atoms with van der Waals surface area (Å²) in [5, 5.41) is 6.73. The van der Waals surface area contributed by atoms with Crippen LogP contribution in [-0.2, 0) is 0 Å². The van der Waals surface area contributed by atoms with Crippen LogP contribution in [0, 0.1) is 5.92 Å². The Kier molecular flexibility index (Phi) is 2.50. The molecule has 0 saturated carbocycles. The van der Waals surface area contributed by atoms with Crippen LogP contribution in [0.5, 0.6) is 0 Å². The molecule has 1 atom stereocenters. The zero-order valence-electron chi connectivity index (χ0n) is 9.16. The summed E-state index contributed by atoms with van der Waals surface area (Å²) in [7, 11) is 0. The molecule has 1 aromatic carbocycles. The SMILES string of the molecule is c1ccc2[nH]c(NCC3CCNC3)nc2c1. The molecule has 2 aromatic rings. The van der Waals surface area contributed by atoms with Crippen molar-refractivity contribution in [2.75, 3.05) is 25.0 Å². The lowest BCUT2D eigenvalue weighted by Gasteiger charge is -2.08. The second-order valence-corrected chi connectivity index (χ2v) is 4.34. The minimum atomic E-state index is 0.730. The van der Waals surface area contributed by atoms with Crippen molar-refractivity contribution < 1.29 is 0 Å². The molecule has 1 unspecified atom stereocenters. The van der Waals surface area contributed by atoms with Crippen molar-refractivity contribution >= 4 is 17.0 Å². The first-order valence-electron chi connectivity index (χ1n) is 5.81. The van der Waals surface area contributed by atoms with E-state index in [-0.39, 0.29) is 0 Å². The fourth-order valence-corrected chi connectivity index (χ4v) is 2.17. The van der Waals surface area contributed by atoms with Crippen LogP contribution in [0.2, 0.25) is 0 Å². The van der Waals surface area contributed by atoms with Gasteiger partial charge in [-0.05, 0) is 37.6 Å². The Morgan fingerprint density at radius 3 is 3.12 bits per heavy atom. The number of fused-ring (bicyclic) bond motifs is 1. The summed E-state index contributed by atoms with van der Waals surface area (Å²) in [5.41, 5.74) is 2.11. The van der Waals surface area contributed by atoms with E-state index >= 15 is 0 Å². The lowest BCUT2D eigenvalue weighted by atomic mass is 10.1. The van der Waals surface area contributed by atoms with Crippen molar-refractivity contribution in [3.05, 3.63) is 24.3 Å². The fourth-order valence-electron chi connectivity index (χ4n) is 2.17. The van der Waals surface area contributed by atoms with Crippen LogP contribution in [0.15, 0.2) is 24.3 Å². The lowest BCUT2D eigenvalue weighted by molar-refractivity contribution is 0.613. The number of hydrogen-bond donors (Lipinski definition) is 3. The molecule has 2 heterocycles. The molecule has 0 aliphatic carbocycles. The molecule has 4 nitrogen and oxygen atoms in total. The molecule has 0 spiro atoms. The third-order valence-corrected chi connectivity index (χ3v) is 3.11. The number of nitrogens with zero attached hydrogens (tertiary/aromatic N) is 1. The van der Waals surface area contributed by atoms with Gasteiger partial charge in [0.05, 0.1) is 11.0 Å². The van der Waals surface area contributed by atoms with Crippen LogP contribution >= 0.6 is 0 Å². The topological polar surface area (TPSA) is 52.7 Å². The monoisotopic (exact) mass is 216 g/mol. The predicted octanol–water partition coefficient (Wildman–Crippen LogP) is 1.58. The van der Waals surface area contributed by atoms with Crippen molar-refractivity contribution in [1.82, 2.24) is 15.3 Å². The Balaban J connectivity index is 1.69. The van der Waals surface area contributed by atoms with Gasteiger partial charge in [0.15, 0.2) is 0 Å². The van der Waals surface area contributed by atoms with E-state index in [0.29, 0.717) is 0 Å². The normalized spacial score (nSPS) is 20.4. The van der Waals surface area contributed by atoms with E-state index in [1.165, 1.54) is 6.42 Å². The highest BCUT2D eigenvalue weighted by molar-refractivity contribution is 5.77. The number of benzene rings is 1. The van der Waals surface area contributed by atoms with E-state index < -0.39 is 0 Å². The maximum atomic E-state index is 4.49. The molecule has 1 fully saturated rings. The van der Waals surface area contributed by atoms with Gasteiger partial charge in [0, 0.05) is 6.54 Å². The number of imidazole rings is 1. The maximum absolute atomic E-state index is 4.49. The standard InChI is InChI=1S/C12H16N4/c1-2-4-11-10(3-1)15-12(16-11)14-8-9-5-6-13-7-9/h1-4,9,13H,5-8H2,(H2,14,15,16). The van der Waals surface area contributed by atoms with Crippen LogP contribution in [0.1, 0.15) is 6.42 Å². The minimum Gasteiger partial charge on any atom is -0.355 e. The molecule has 3 rings (SSSR count). The highest BCUT2D eigenvalue weighted by Crippen LogP contribution is 2.14. The molecule has 84 valence electrons. The predicted molar refractivity (Wildman–Crippen MR) is 65.6 cm³/mol. The zero-order chi connectivity index (χ0) is 10.8. The third kappa shape index (κ3) is 1.88. The first-order valence-corrected chi connectivity index (χ1v) is 5.81.